The Bertz CT molecular complexity index is 1020. The van der Waals surface area contributed by atoms with E-state index in [1.54, 1.807) is 7.11 Å². The Balaban J connectivity index is 1.46. The van der Waals surface area contributed by atoms with Crippen LogP contribution in [-0.4, -0.2) is 37.1 Å². The monoisotopic (exact) mass is 466 g/mol. The maximum absolute atomic E-state index is 11.8. The van der Waals surface area contributed by atoms with Gasteiger partial charge in [-0.05, 0) is 85.2 Å². The standard InChI is InChI=1S/C30H42O4/c1-27(2,3)25(31)21-16-28-12-13-30(21,33-5)26-29(28)11-10-18(14-17-6-7-17)20(28)15-19-8-9-22(32-4)24(34-26)23(19)29/h8-9,17-18,20-21,25-26,31H,6-7,10-16H2,1-5H3/t18?,20-,21+,25+,26+,28+,29-,30+/m0/s1. The van der Waals surface area contributed by atoms with E-state index in [-0.39, 0.29) is 28.3 Å². The van der Waals surface area contributed by atoms with Crippen molar-refractivity contribution in [2.45, 2.75) is 102 Å². The fourth-order valence-electron chi connectivity index (χ4n) is 10.2. The van der Waals surface area contributed by atoms with Gasteiger partial charge in [-0.25, -0.2) is 0 Å². The van der Waals surface area contributed by atoms with E-state index in [2.05, 4.69) is 32.9 Å². The highest BCUT2D eigenvalue weighted by atomic mass is 16.6. The Kier molecular flexibility index (Phi) is 4.35. The van der Waals surface area contributed by atoms with E-state index in [4.69, 9.17) is 14.2 Å². The molecule has 4 nitrogen and oxygen atoms in total. The van der Waals surface area contributed by atoms with E-state index in [0.717, 1.165) is 36.2 Å². The van der Waals surface area contributed by atoms with Gasteiger partial charge >= 0.3 is 0 Å². The molecule has 0 saturated heterocycles. The molecule has 0 amide bonds. The predicted octanol–water partition coefficient (Wildman–Crippen LogP) is 5.67. The van der Waals surface area contributed by atoms with Crippen LogP contribution in [0.2, 0.25) is 0 Å². The number of methoxy groups -OCH3 is 2. The van der Waals surface area contributed by atoms with Crippen LogP contribution in [0.15, 0.2) is 12.1 Å². The first-order chi connectivity index (χ1) is 16.2. The fraction of sp³-hybridized carbons (Fsp3) is 0.800. The van der Waals surface area contributed by atoms with Crippen molar-refractivity contribution in [2.75, 3.05) is 14.2 Å². The summed E-state index contributed by atoms with van der Waals surface area (Å²) >= 11 is 0. The minimum atomic E-state index is -0.457. The molecule has 6 aliphatic carbocycles. The van der Waals surface area contributed by atoms with E-state index >= 15 is 0 Å². The van der Waals surface area contributed by atoms with Gasteiger partial charge < -0.3 is 19.3 Å². The molecule has 0 radical (unpaired) electrons. The molecule has 186 valence electrons. The molecule has 0 aromatic heterocycles. The zero-order valence-electron chi connectivity index (χ0n) is 21.7. The van der Waals surface area contributed by atoms with Crippen molar-refractivity contribution in [3.8, 4) is 11.5 Å². The van der Waals surface area contributed by atoms with Gasteiger partial charge in [0.25, 0.3) is 0 Å². The summed E-state index contributed by atoms with van der Waals surface area (Å²) in [5, 5.41) is 11.8. The van der Waals surface area contributed by atoms with Crippen molar-refractivity contribution in [3.63, 3.8) is 0 Å². The third-order valence-corrected chi connectivity index (χ3v) is 11.7. The molecule has 5 saturated carbocycles. The maximum atomic E-state index is 11.8. The minimum Gasteiger partial charge on any atom is -0.493 e. The van der Waals surface area contributed by atoms with Gasteiger partial charge in [0.2, 0.25) is 0 Å². The molecule has 1 aromatic carbocycles. The van der Waals surface area contributed by atoms with Gasteiger partial charge in [0.1, 0.15) is 11.7 Å². The first-order valence-corrected chi connectivity index (χ1v) is 13.8. The van der Waals surface area contributed by atoms with E-state index in [9.17, 15) is 5.11 Å². The van der Waals surface area contributed by atoms with Crippen molar-refractivity contribution in [1.29, 1.82) is 0 Å². The van der Waals surface area contributed by atoms with Gasteiger partial charge in [0, 0.05) is 24.0 Å². The molecule has 1 unspecified atom stereocenters. The molecule has 1 N–H and O–H groups in total. The quantitative estimate of drug-likeness (QED) is 0.607. The number of benzene rings is 1. The van der Waals surface area contributed by atoms with E-state index < -0.39 is 11.7 Å². The number of fused-ring (bicyclic) bond motifs is 2. The van der Waals surface area contributed by atoms with Crippen molar-refractivity contribution in [3.05, 3.63) is 23.3 Å². The number of hydrogen-bond donors (Lipinski definition) is 1. The van der Waals surface area contributed by atoms with E-state index in [0.29, 0.717) is 5.92 Å². The lowest BCUT2D eigenvalue weighted by atomic mass is 9.31. The van der Waals surface area contributed by atoms with Gasteiger partial charge in [0.15, 0.2) is 11.5 Å². The summed E-state index contributed by atoms with van der Waals surface area (Å²) in [6.07, 6.45) is 10.8. The van der Waals surface area contributed by atoms with Crippen LogP contribution >= 0.6 is 0 Å². The molecule has 1 heterocycles. The topological polar surface area (TPSA) is 47.9 Å². The van der Waals surface area contributed by atoms with Crippen LogP contribution in [0.4, 0.5) is 0 Å². The van der Waals surface area contributed by atoms with Gasteiger partial charge in [-0.2, -0.15) is 0 Å². The Morgan fingerprint density at radius 1 is 1.12 bits per heavy atom. The van der Waals surface area contributed by atoms with Gasteiger partial charge in [-0.15, -0.1) is 0 Å². The molecule has 4 bridgehead atoms. The van der Waals surface area contributed by atoms with Crippen molar-refractivity contribution in [1.82, 2.24) is 0 Å². The molecule has 2 spiro atoms. The second-order valence-corrected chi connectivity index (χ2v) is 13.8. The zero-order valence-corrected chi connectivity index (χ0v) is 21.7. The van der Waals surface area contributed by atoms with Crippen LogP contribution in [0, 0.1) is 34.5 Å². The summed E-state index contributed by atoms with van der Waals surface area (Å²) in [5.41, 5.74) is 2.50. The van der Waals surface area contributed by atoms with Crippen molar-refractivity contribution in [2.24, 2.45) is 34.5 Å². The van der Waals surface area contributed by atoms with Gasteiger partial charge in [0.05, 0.1) is 13.2 Å². The Labute approximate surface area is 204 Å². The highest BCUT2D eigenvalue weighted by molar-refractivity contribution is 5.63. The molecule has 8 atom stereocenters. The van der Waals surface area contributed by atoms with Crippen molar-refractivity contribution < 1.29 is 19.3 Å². The van der Waals surface area contributed by atoms with Crippen LogP contribution in [0.5, 0.6) is 11.5 Å². The molecule has 8 rings (SSSR count). The number of ether oxygens (including phenoxy) is 3. The average Bonchev–Trinajstić information content (AvgIpc) is 3.56. The van der Waals surface area contributed by atoms with Crippen LogP contribution in [-0.2, 0) is 16.6 Å². The van der Waals surface area contributed by atoms with Crippen LogP contribution in [0.3, 0.4) is 0 Å². The van der Waals surface area contributed by atoms with E-state index in [1.165, 1.54) is 56.1 Å². The molecule has 34 heavy (non-hydrogen) atoms. The highest BCUT2D eigenvalue weighted by Gasteiger charge is 2.81. The lowest BCUT2D eigenvalue weighted by Crippen LogP contribution is -2.79. The second-order valence-electron chi connectivity index (χ2n) is 13.8. The number of aliphatic hydroxyl groups excluding tert-OH is 1. The Morgan fingerprint density at radius 3 is 2.59 bits per heavy atom. The molecular weight excluding hydrogens is 424 g/mol. The molecule has 7 aliphatic rings. The molecule has 5 fully saturated rings. The summed E-state index contributed by atoms with van der Waals surface area (Å²) in [6.45, 7) is 6.54. The Hall–Kier alpha value is -1.26. The lowest BCUT2D eigenvalue weighted by Gasteiger charge is -2.74. The summed E-state index contributed by atoms with van der Waals surface area (Å²) in [7, 11) is 3.64. The SMILES string of the molecule is COc1ccc2c3c1O[C@H]1[C@@]4(OC)CC[C@@]5(C[C@@H]4[C@@H](O)C(C)(C)C)[C@@H](C2)C(CC2CC2)CC[C@]315. The second kappa shape index (κ2) is 6.73. The average molecular weight is 467 g/mol. The normalized spacial score (nSPS) is 44.4. The highest BCUT2D eigenvalue weighted by Crippen LogP contribution is 2.80. The molecule has 1 aromatic rings. The lowest BCUT2D eigenvalue weighted by molar-refractivity contribution is -0.298. The third-order valence-electron chi connectivity index (χ3n) is 11.7. The number of rotatable bonds is 5. The first-order valence-electron chi connectivity index (χ1n) is 13.8. The minimum absolute atomic E-state index is 0.00244. The third kappa shape index (κ3) is 2.39. The number of hydrogen-bond acceptors (Lipinski definition) is 4. The molecule has 1 aliphatic heterocycles. The first kappa shape index (κ1) is 22.0. The Morgan fingerprint density at radius 2 is 1.91 bits per heavy atom. The van der Waals surface area contributed by atoms with Crippen LogP contribution < -0.4 is 9.47 Å². The van der Waals surface area contributed by atoms with E-state index in [1.807, 2.05) is 7.11 Å². The van der Waals surface area contributed by atoms with Crippen LogP contribution in [0.25, 0.3) is 0 Å². The summed E-state index contributed by atoms with van der Waals surface area (Å²) in [6, 6.07) is 4.47. The summed E-state index contributed by atoms with van der Waals surface area (Å²) in [4.78, 5) is 0. The van der Waals surface area contributed by atoms with Crippen molar-refractivity contribution >= 4 is 0 Å². The zero-order chi connectivity index (χ0) is 23.7. The molecule has 4 heteroatoms. The smallest absolute Gasteiger partial charge is 0.165 e. The molecular formula is C30H42O4. The number of aliphatic hydroxyl groups is 1. The van der Waals surface area contributed by atoms with Gasteiger partial charge in [-0.1, -0.05) is 39.7 Å². The van der Waals surface area contributed by atoms with Gasteiger partial charge in [-0.3, -0.25) is 0 Å². The van der Waals surface area contributed by atoms with Crippen LogP contribution in [0.1, 0.15) is 83.3 Å². The fourth-order valence-corrected chi connectivity index (χ4v) is 10.2. The summed E-state index contributed by atoms with van der Waals surface area (Å²) < 4.78 is 19.5. The maximum Gasteiger partial charge on any atom is 0.165 e. The largest absolute Gasteiger partial charge is 0.493 e. The summed E-state index contributed by atoms with van der Waals surface area (Å²) in [5.74, 6) is 4.40. The predicted molar refractivity (Wildman–Crippen MR) is 131 cm³/mol.